The smallest absolute Gasteiger partial charge is 0.251 e. The summed E-state index contributed by atoms with van der Waals surface area (Å²) in [5, 5.41) is 2.68. The van der Waals surface area contributed by atoms with Crippen LogP contribution in [0.4, 0.5) is 8.78 Å². The molecule has 0 aliphatic carbocycles. The maximum absolute atomic E-state index is 13.5. The Morgan fingerprint density at radius 2 is 1.27 bits per heavy atom. The fourth-order valence-electron chi connectivity index (χ4n) is 4.09. The molecule has 1 aliphatic heterocycles. The number of hydrogen-bond donors (Lipinski definition) is 1. The fraction of sp³-hybridized carbons (Fsp3) is 0.231. The lowest BCUT2D eigenvalue weighted by Gasteiger charge is -2.39. The molecule has 1 N–H and O–H groups in total. The Labute approximate surface area is 191 Å². The Morgan fingerprint density at radius 1 is 0.758 bits per heavy atom. The molecule has 2 amide bonds. The van der Waals surface area contributed by atoms with Gasteiger partial charge >= 0.3 is 0 Å². The van der Waals surface area contributed by atoms with Crippen molar-refractivity contribution in [2.45, 2.75) is 6.04 Å². The monoisotopic (exact) mass is 449 g/mol. The Balaban J connectivity index is 1.39. The van der Waals surface area contributed by atoms with Gasteiger partial charge in [-0.15, -0.1) is 0 Å². The summed E-state index contributed by atoms with van der Waals surface area (Å²) in [6.45, 7) is 2.13. The highest BCUT2D eigenvalue weighted by Gasteiger charge is 2.28. The molecule has 4 rings (SSSR count). The van der Waals surface area contributed by atoms with Crippen LogP contribution in [0.15, 0.2) is 78.9 Å². The van der Waals surface area contributed by atoms with Crippen LogP contribution in [0.5, 0.6) is 0 Å². The lowest BCUT2D eigenvalue weighted by Crippen LogP contribution is -2.52. The topological polar surface area (TPSA) is 52.7 Å². The van der Waals surface area contributed by atoms with E-state index in [2.05, 4.69) is 10.2 Å². The maximum atomic E-state index is 13.5. The molecule has 0 radical (unpaired) electrons. The maximum Gasteiger partial charge on any atom is 0.251 e. The number of carbonyl (C=O) groups excluding carboxylic acids is 2. The first-order chi connectivity index (χ1) is 16.0. The average molecular weight is 450 g/mol. The standard InChI is InChI=1S/C26H25F2N3O2/c27-22-10-6-19(7-11-22)25(20-8-12-23(28)13-9-20)31-16-14-30(15-17-31)24(32)18-29-26(33)21-4-2-1-3-5-21/h1-13,25H,14-18H2,(H,29,33). The molecule has 1 fully saturated rings. The Hall–Kier alpha value is -3.58. The molecular formula is C26H25F2N3O2. The Bertz CT molecular complexity index is 1040. The Kier molecular flexibility index (Phi) is 7.10. The quantitative estimate of drug-likeness (QED) is 0.625. The first-order valence-corrected chi connectivity index (χ1v) is 10.9. The van der Waals surface area contributed by atoms with Gasteiger partial charge in [0.25, 0.3) is 5.91 Å². The SMILES string of the molecule is O=C(NCC(=O)N1CCN(C(c2ccc(F)cc2)c2ccc(F)cc2)CC1)c1ccccc1. The number of nitrogens with one attached hydrogen (secondary N) is 1. The molecule has 1 heterocycles. The average Bonchev–Trinajstić information content (AvgIpc) is 2.86. The lowest BCUT2D eigenvalue weighted by molar-refractivity contribution is -0.132. The van der Waals surface area contributed by atoms with Crippen molar-refractivity contribution < 1.29 is 18.4 Å². The van der Waals surface area contributed by atoms with Crippen molar-refractivity contribution in [3.8, 4) is 0 Å². The summed E-state index contributed by atoms with van der Waals surface area (Å²) >= 11 is 0. The molecule has 3 aromatic carbocycles. The minimum Gasteiger partial charge on any atom is -0.343 e. The zero-order valence-corrected chi connectivity index (χ0v) is 18.1. The molecule has 0 saturated carbocycles. The van der Waals surface area contributed by atoms with Crippen molar-refractivity contribution in [1.82, 2.24) is 15.1 Å². The molecule has 7 heteroatoms. The summed E-state index contributed by atoms with van der Waals surface area (Å²) in [5.41, 5.74) is 2.31. The van der Waals surface area contributed by atoms with Crippen LogP contribution >= 0.6 is 0 Å². The van der Waals surface area contributed by atoms with E-state index < -0.39 is 0 Å². The van der Waals surface area contributed by atoms with Gasteiger partial charge in [-0.2, -0.15) is 0 Å². The molecule has 33 heavy (non-hydrogen) atoms. The van der Waals surface area contributed by atoms with Gasteiger partial charge in [0, 0.05) is 31.7 Å². The number of hydrogen-bond acceptors (Lipinski definition) is 3. The van der Waals surface area contributed by atoms with Crippen LogP contribution in [0.3, 0.4) is 0 Å². The Morgan fingerprint density at radius 3 is 1.79 bits per heavy atom. The van der Waals surface area contributed by atoms with Gasteiger partial charge in [-0.3, -0.25) is 14.5 Å². The number of amides is 2. The van der Waals surface area contributed by atoms with Crippen LogP contribution in [-0.4, -0.2) is 54.3 Å². The van der Waals surface area contributed by atoms with Gasteiger partial charge in [-0.25, -0.2) is 8.78 Å². The number of nitrogens with zero attached hydrogens (tertiary/aromatic N) is 2. The van der Waals surface area contributed by atoms with Gasteiger partial charge in [0.15, 0.2) is 0 Å². The molecule has 0 unspecified atom stereocenters. The van der Waals surface area contributed by atoms with Gasteiger partial charge in [-0.05, 0) is 47.5 Å². The van der Waals surface area contributed by atoms with Crippen LogP contribution in [0.1, 0.15) is 27.5 Å². The minimum atomic E-state index is -0.315. The second kappa shape index (κ2) is 10.4. The van der Waals surface area contributed by atoms with Crippen molar-refractivity contribution in [3.63, 3.8) is 0 Å². The summed E-state index contributed by atoms with van der Waals surface area (Å²) in [6.07, 6.45) is 0. The van der Waals surface area contributed by atoms with E-state index in [1.807, 2.05) is 6.07 Å². The van der Waals surface area contributed by atoms with E-state index in [-0.39, 0.29) is 36.0 Å². The molecule has 0 aromatic heterocycles. The van der Waals surface area contributed by atoms with Crippen LogP contribution < -0.4 is 5.32 Å². The van der Waals surface area contributed by atoms with Gasteiger partial charge in [0.05, 0.1) is 12.6 Å². The summed E-state index contributed by atoms with van der Waals surface area (Å²) in [5.74, 6) is -1.05. The third-order valence-corrected chi connectivity index (χ3v) is 5.84. The van der Waals surface area contributed by atoms with Gasteiger partial charge in [0.1, 0.15) is 11.6 Å². The van der Waals surface area contributed by atoms with E-state index >= 15 is 0 Å². The van der Waals surface area contributed by atoms with Crippen molar-refractivity contribution in [2.75, 3.05) is 32.7 Å². The predicted octanol–water partition coefficient (Wildman–Crippen LogP) is 3.63. The first kappa shape index (κ1) is 22.6. The first-order valence-electron chi connectivity index (χ1n) is 10.9. The highest BCUT2D eigenvalue weighted by molar-refractivity contribution is 5.96. The number of piperazine rings is 1. The van der Waals surface area contributed by atoms with Crippen molar-refractivity contribution in [3.05, 3.63) is 107 Å². The van der Waals surface area contributed by atoms with Crippen molar-refractivity contribution >= 4 is 11.8 Å². The normalized spacial score (nSPS) is 14.3. The van der Waals surface area contributed by atoms with Crippen molar-refractivity contribution in [2.24, 2.45) is 0 Å². The van der Waals surface area contributed by atoms with Gasteiger partial charge in [-0.1, -0.05) is 42.5 Å². The molecule has 3 aromatic rings. The molecule has 0 atom stereocenters. The zero-order chi connectivity index (χ0) is 23.2. The summed E-state index contributed by atoms with van der Waals surface area (Å²) in [4.78, 5) is 28.8. The van der Waals surface area contributed by atoms with E-state index in [1.165, 1.54) is 24.3 Å². The van der Waals surface area contributed by atoms with E-state index in [9.17, 15) is 18.4 Å². The highest BCUT2D eigenvalue weighted by atomic mass is 19.1. The third kappa shape index (κ3) is 5.62. The largest absolute Gasteiger partial charge is 0.343 e. The molecule has 170 valence electrons. The highest BCUT2D eigenvalue weighted by Crippen LogP contribution is 2.30. The number of halogens is 2. The third-order valence-electron chi connectivity index (χ3n) is 5.84. The predicted molar refractivity (Wildman–Crippen MR) is 122 cm³/mol. The van der Waals surface area contributed by atoms with Crippen LogP contribution in [0, 0.1) is 11.6 Å². The molecular weight excluding hydrogens is 424 g/mol. The van der Waals surface area contributed by atoms with E-state index in [0.29, 0.717) is 31.7 Å². The number of benzene rings is 3. The molecule has 5 nitrogen and oxygen atoms in total. The van der Waals surface area contributed by atoms with E-state index in [1.54, 1.807) is 53.4 Å². The number of carbonyl (C=O) groups is 2. The zero-order valence-electron chi connectivity index (χ0n) is 18.1. The second-order valence-electron chi connectivity index (χ2n) is 7.97. The van der Waals surface area contributed by atoms with Gasteiger partial charge in [0.2, 0.25) is 5.91 Å². The minimum absolute atomic E-state index is 0.0624. The molecule has 0 spiro atoms. The molecule has 1 saturated heterocycles. The van der Waals surface area contributed by atoms with Crippen LogP contribution in [-0.2, 0) is 4.79 Å². The van der Waals surface area contributed by atoms with Gasteiger partial charge < -0.3 is 10.2 Å². The van der Waals surface area contributed by atoms with Crippen molar-refractivity contribution in [1.29, 1.82) is 0 Å². The van der Waals surface area contributed by atoms with E-state index in [4.69, 9.17) is 0 Å². The van der Waals surface area contributed by atoms with E-state index in [0.717, 1.165) is 11.1 Å². The second-order valence-corrected chi connectivity index (χ2v) is 7.97. The van der Waals surface area contributed by atoms with Crippen LogP contribution in [0.25, 0.3) is 0 Å². The summed E-state index contributed by atoms with van der Waals surface area (Å²) in [6, 6.07) is 21.2. The lowest BCUT2D eigenvalue weighted by atomic mass is 9.96. The summed E-state index contributed by atoms with van der Waals surface area (Å²) in [7, 11) is 0. The molecule has 0 bridgehead atoms. The molecule has 1 aliphatic rings. The summed E-state index contributed by atoms with van der Waals surface area (Å²) < 4.78 is 27.0. The number of rotatable bonds is 6. The van der Waals surface area contributed by atoms with Crippen LogP contribution in [0.2, 0.25) is 0 Å². The fourth-order valence-corrected chi connectivity index (χ4v) is 4.09.